The van der Waals surface area contributed by atoms with Crippen LogP contribution in [-0.4, -0.2) is 39.2 Å². The van der Waals surface area contributed by atoms with Crippen LogP contribution in [-0.2, 0) is 0 Å². The third-order valence-corrected chi connectivity index (χ3v) is 3.78. The van der Waals surface area contributed by atoms with E-state index >= 15 is 0 Å². The van der Waals surface area contributed by atoms with Crippen molar-refractivity contribution in [2.75, 3.05) is 32.6 Å². The van der Waals surface area contributed by atoms with Crippen molar-refractivity contribution in [1.29, 1.82) is 0 Å². The van der Waals surface area contributed by atoms with Crippen molar-refractivity contribution in [3.8, 4) is 11.5 Å². The summed E-state index contributed by atoms with van der Waals surface area (Å²) in [6.07, 6.45) is 0. The quantitative estimate of drug-likeness (QED) is 0.392. The van der Waals surface area contributed by atoms with Gasteiger partial charge in [0.25, 0.3) is 5.91 Å². The average Bonchev–Trinajstić information content (AvgIpc) is 2.67. The zero-order valence-electron chi connectivity index (χ0n) is 15.5. The Hall–Kier alpha value is -3.29. The van der Waals surface area contributed by atoms with Gasteiger partial charge >= 0.3 is 0 Å². The van der Waals surface area contributed by atoms with Crippen LogP contribution in [0.4, 0.5) is 10.1 Å². The lowest BCUT2D eigenvalue weighted by atomic mass is 10.1. The van der Waals surface area contributed by atoms with Crippen molar-refractivity contribution in [3.63, 3.8) is 0 Å². The number of aliphatic imine (C=N–C) groups is 1. The third-order valence-electron chi connectivity index (χ3n) is 3.78. The molecule has 27 heavy (non-hydrogen) atoms. The van der Waals surface area contributed by atoms with Crippen LogP contribution < -0.4 is 25.8 Å². The van der Waals surface area contributed by atoms with Crippen molar-refractivity contribution in [3.05, 3.63) is 53.3 Å². The number of nitrogens with two attached hydrogens (primary N) is 1. The van der Waals surface area contributed by atoms with Crippen LogP contribution in [0.3, 0.4) is 0 Å². The molecule has 8 heteroatoms. The lowest BCUT2D eigenvalue weighted by Crippen LogP contribution is -2.28. The number of anilines is 1. The fourth-order valence-corrected chi connectivity index (χ4v) is 2.27. The molecule has 0 bridgehead atoms. The number of halogens is 1. The predicted molar refractivity (Wildman–Crippen MR) is 103 cm³/mol. The number of nitrogens with zero attached hydrogens (tertiary/aromatic N) is 1. The highest BCUT2D eigenvalue weighted by Crippen LogP contribution is 2.28. The van der Waals surface area contributed by atoms with Gasteiger partial charge in [0, 0.05) is 18.2 Å². The van der Waals surface area contributed by atoms with E-state index in [0.717, 1.165) is 0 Å². The molecule has 0 aromatic heterocycles. The number of ether oxygens (including phenoxy) is 2. The highest BCUT2D eigenvalue weighted by molar-refractivity contribution is 5.95. The van der Waals surface area contributed by atoms with Gasteiger partial charge in [0.2, 0.25) is 0 Å². The van der Waals surface area contributed by atoms with Gasteiger partial charge in [0.15, 0.2) is 5.96 Å². The van der Waals surface area contributed by atoms with Gasteiger partial charge in [0.1, 0.15) is 17.3 Å². The standard InChI is InChI=1S/C19H23FN4O3/c1-12-4-5-13(10-15(12)20)18(25)22-8-9-23-19(21)24-16-11-14(26-2)6-7-17(16)27-3/h4-7,10-11H,8-9H2,1-3H3,(H,22,25)(H3,21,23,24). The van der Waals surface area contributed by atoms with E-state index in [1.807, 2.05) is 0 Å². The Balaban J connectivity index is 1.89. The maximum atomic E-state index is 13.5. The number of amides is 1. The molecular formula is C19H23FN4O3. The second-order valence-electron chi connectivity index (χ2n) is 5.68. The molecule has 0 aliphatic rings. The Morgan fingerprint density at radius 1 is 1.19 bits per heavy atom. The summed E-state index contributed by atoms with van der Waals surface area (Å²) in [6.45, 7) is 2.15. The SMILES string of the molecule is COc1ccc(OC)c(NC(N)=NCCNC(=O)c2ccc(C)c(F)c2)c1. The van der Waals surface area contributed by atoms with Gasteiger partial charge in [-0.05, 0) is 36.8 Å². The molecule has 0 spiro atoms. The maximum Gasteiger partial charge on any atom is 0.251 e. The number of methoxy groups -OCH3 is 2. The first-order chi connectivity index (χ1) is 12.9. The molecular weight excluding hydrogens is 351 g/mol. The Kier molecular flexibility index (Phi) is 6.99. The van der Waals surface area contributed by atoms with E-state index in [9.17, 15) is 9.18 Å². The van der Waals surface area contributed by atoms with Crippen LogP contribution in [0.25, 0.3) is 0 Å². The molecule has 2 rings (SSSR count). The third kappa shape index (κ3) is 5.60. The van der Waals surface area contributed by atoms with E-state index in [1.165, 1.54) is 6.07 Å². The fourth-order valence-electron chi connectivity index (χ4n) is 2.27. The first-order valence-electron chi connectivity index (χ1n) is 8.28. The summed E-state index contributed by atoms with van der Waals surface area (Å²) in [6, 6.07) is 9.58. The minimum atomic E-state index is -0.415. The molecule has 0 aliphatic carbocycles. The number of rotatable bonds is 7. The van der Waals surface area contributed by atoms with Gasteiger partial charge in [-0.2, -0.15) is 0 Å². The molecule has 2 aromatic carbocycles. The Labute approximate surface area is 157 Å². The van der Waals surface area contributed by atoms with Crippen molar-refractivity contribution in [2.45, 2.75) is 6.92 Å². The lowest BCUT2D eigenvalue weighted by Gasteiger charge is -2.12. The summed E-state index contributed by atoms with van der Waals surface area (Å²) in [5, 5.41) is 5.60. The maximum absolute atomic E-state index is 13.5. The Morgan fingerprint density at radius 2 is 1.96 bits per heavy atom. The molecule has 4 N–H and O–H groups in total. The van der Waals surface area contributed by atoms with Crippen LogP contribution in [0.2, 0.25) is 0 Å². The van der Waals surface area contributed by atoms with E-state index in [4.69, 9.17) is 15.2 Å². The Morgan fingerprint density at radius 3 is 2.63 bits per heavy atom. The minimum Gasteiger partial charge on any atom is -0.497 e. The first-order valence-corrected chi connectivity index (χ1v) is 8.28. The van der Waals surface area contributed by atoms with Crippen molar-refractivity contribution < 1.29 is 18.7 Å². The number of guanidine groups is 1. The van der Waals surface area contributed by atoms with Crippen LogP contribution in [0.15, 0.2) is 41.4 Å². The predicted octanol–water partition coefficient (Wildman–Crippen LogP) is 2.31. The monoisotopic (exact) mass is 374 g/mol. The van der Waals surface area contributed by atoms with Crippen molar-refractivity contribution >= 4 is 17.6 Å². The van der Waals surface area contributed by atoms with E-state index in [0.29, 0.717) is 22.7 Å². The average molecular weight is 374 g/mol. The number of benzene rings is 2. The number of aryl methyl sites for hydroxylation is 1. The van der Waals surface area contributed by atoms with Gasteiger partial charge < -0.3 is 25.8 Å². The van der Waals surface area contributed by atoms with Gasteiger partial charge in [-0.15, -0.1) is 0 Å². The highest BCUT2D eigenvalue weighted by atomic mass is 19.1. The first kappa shape index (κ1) is 20.0. The molecule has 0 aliphatic heterocycles. The van der Waals surface area contributed by atoms with Crippen LogP contribution in [0.1, 0.15) is 15.9 Å². The zero-order valence-corrected chi connectivity index (χ0v) is 15.5. The van der Waals surface area contributed by atoms with Gasteiger partial charge in [-0.25, -0.2) is 4.39 Å². The summed E-state index contributed by atoms with van der Waals surface area (Å²) < 4.78 is 23.9. The molecule has 0 saturated heterocycles. The summed E-state index contributed by atoms with van der Waals surface area (Å²) in [5.41, 5.74) is 7.22. The molecule has 0 saturated carbocycles. The number of hydrogen-bond donors (Lipinski definition) is 3. The summed E-state index contributed by atoms with van der Waals surface area (Å²) in [4.78, 5) is 16.1. The minimum absolute atomic E-state index is 0.164. The molecule has 0 unspecified atom stereocenters. The largest absolute Gasteiger partial charge is 0.497 e. The van der Waals surface area contributed by atoms with E-state index in [-0.39, 0.29) is 30.5 Å². The molecule has 0 heterocycles. The number of carbonyl (C=O) groups excluding carboxylic acids is 1. The van der Waals surface area contributed by atoms with Crippen LogP contribution >= 0.6 is 0 Å². The molecule has 7 nitrogen and oxygen atoms in total. The van der Waals surface area contributed by atoms with Crippen LogP contribution in [0, 0.1) is 12.7 Å². The van der Waals surface area contributed by atoms with Gasteiger partial charge in [0.05, 0.1) is 26.5 Å². The molecule has 0 atom stereocenters. The van der Waals surface area contributed by atoms with Crippen molar-refractivity contribution in [2.24, 2.45) is 10.7 Å². The molecule has 1 amide bonds. The smallest absolute Gasteiger partial charge is 0.251 e. The van der Waals surface area contributed by atoms with Crippen molar-refractivity contribution in [1.82, 2.24) is 5.32 Å². The highest BCUT2D eigenvalue weighted by Gasteiger charge is 2.08. The van der Waals surface area contributed by atoms with Gasteiger partial charge in [-0.3, -0.25) is 9.79 Å². The normalized spacial score (nSPS) is 11.0. The van der Waals surface area contributed by atoms with Gasteiger partial charge in [-0.1, -0.05) is 6.07 Å². The molecule has 0 fully saturated rings. The zero-order chi connectivity index (χ0) is 19.8. The molecule has 2 aromatic rings. The second kappa shape index (κ2) is 9.42. The number of nitrogens with one attached hydrogen (secondary N) is 2. The van der Waals surface area contributed by atoms with E-state index in [1.54, 1.807) is 51.5 Å². The topological polar surface area (TPSA) is 98.0 Å². The Bertz CT molecular complexity index is 840. The molecule has 144 valence electrons. The van der Waals surface area contributed by atoms with E-state index in [2.05, 4.69) is 15.6 Å². The second-order valence-corrected chi connectivity index (χ2v) is 5.68. The summed E-state index contributed by atoms with van der Waals surface area (Å²) in [5.74, 6) is 0.607. The summed E-state index contributed by atoms with van der Waals surface area (Å²) in [7, 11) is 3.11. The van der Waals surface area contributed by atoms with E-state index < -0.39 is 5.82 Å². The fraction of sp³-hybridized carbons (Fsp3) is 0.263. The summed E-state index contributed by atoms with van der Waals surface area (Å²) >= 11 is 0. The number of hydrogen-bond acceptors (Lipinski definition) is 4. The van der Waals surface area contributed by atoms with Crippen LogP contribution in [0.5, 0.6) is 11.5 Å². The number of carbonyl (C=O) groups is 1. The molecule has 0 radical (unpaired) electrons. The lowest BCUT2D eigenvalue weighted by molar-refractivity contribution is 0.0954.